The Hall–Kier alpha value is -2.14. The zero-order valence-corrected chi connectivity index (χ0v) is 16.0. The third-order valence-electron chi connectivity index (χ3n) is 4.66. The Morgan fingerprint density at radius 1 is 1.31 bits per heavy atom. The van der Waals surface area contributed by atoms with Gasteiger partial charge >= 0.3 is 6.09 Å². The highest BCUT2D eigenvalue weighted by Crippen LogP contribution is 2.22. The molecule has 26 heavy (non-hydrogen) atoms. The number of aliphatic hydroxyl groups excluding tert-OH is 1. The van der Waals surface area contributed by atoms with Crippen LogP contribution in [0.4, 0.5) is 4.79 Å². The largest absolute Gasteiger partial charge is 0.447 e. The van der Waals surface area contributed by atoms with Gasteiger partial charge in [-0.05, 0) is 31.2 Å². The van der Waals surface area contributed by atoms with E-state index in [0.717, 1.165) is 5.56 Å². The van der Waals surface area contributed by atoms with E-state index in [9.17, 15) is 14.7 Å². The second kappa shape index (κ2) is 8.99. The minimum Gasteiger partial charge on any atom is -0.447 e. The van der Waals surface area contributed by atoms with E-state index < -0.39 is 12.2 Å². The minimum absolute atomic E-state index is 0.160. The number of imide groups is 1. The Morgan fingerprint density at radius 2 is 1.96 bits per heavy atom. The van der Waals surface area contributed by atoms with Crippen molar-refractivity contribution in [2.24, 2.45) is 11.8 Å². The second-order valence-corrected chi connectivity index (χ2v) is 7.50. The van der Waals surface area contributed by atoms with Gasteiger partial charge in [-0.2, -0.15) is 0 Å². The summed E-state index contributed by atoms with van der Waals surface area (Å²) < 4.78 is 5.12. The number of carbonyl (C=O) groups is 2. The number of carbonyl (C=O) groups excluding carboxylic acids is 2. The van der Waals surface area contributed by atoms with Crippen LogP contribution in [0.3, 0.4) is 0 Å². The molecule has 0 radical (unpaired) electrons. The van der Waals surface area contributed by atoms with Crippen molar-refractivity contribution in [3.63, 3.8) is 0 Å². The number of ether oxygens (including phenoxy) is 1. The summed E-state index contributed by atoms with van der Waals surface area (Å²) in [7, 11) is 0. The van der Waals surface area contributed by atoms with Crippen molar-refractivity contribution in [1.82, 2.24) is 4.90 Å². The molecule has 1 aliphatic rings. The third-order valence-corrected chi connectivity index (χ3v) is 4.66. The van der Waals surface area contributed by atoms with E-state index in [1.165, 1.54) is 4.90 Å². The van der Waals surface area contributed by atoms with E-state index in [0.29, 0.717) is 24.3 Å². The SMILES string of the molecule is C/C(=C\[C@H](C)[C@@H](O)CC(C)C)C(=O)N1C(=O)OC[C@H]1Cc1ccccc1. The van der Waals surface area contributed by atoms with Gasteiger partial charge in [-0.15, -0.1) is 0 Å². The second-order valence-electron chi connectivity index (χ2n) is 7.50. The van der Waals surface area contributed by atoms with Gasteiger partial charge < -0.3 is 9.84 Å². The maximum absolute atomic E-state index is 12.8. The predicted octanol–water partition coefficient (Wildman–Crippen LogP) is 3.57. The number of aliphatic hydroxyl groups is 1. The molecule has 2 rings (SSSR count). The Kier molecular flexibility index (Phi) is 6.98. The van der Waals surface area contributed by atoms with Crippen molar-refractivity contribution < 1.29 is 19.4 Å². The maximum Gasteiger partial charge on any atom is 0.417 e. The molecule has 1 aromatic carbocycles. The normalized spacial score (nSPS) is 20.2. The standard InChI is InChI=1S/C21H29NO4/c1-14(2)10-19(23)15(3)11-16(4)20(24)22-18(13-26-21(22)25)12-17-8-6-5-7-9-17/h5-9,11,14-15,18-19,23H,10,12-13H2,1-4H3/b16-11+/t15-,18+,19-/m0/s1. The lowest BCUT2D eigenvalue weighted by atomic mass is 9.94. The van der Waals surface area contributed by atoms with Crippen LogP contribution < -0.4 is 0 Å². The molecule has 1 saturated heterocycles. The molecule has 2 amide bonds. The highest BCUT2D eigenvalue weighted by molar-refractivity contribution is 6.03. The first-order valence-corrected chi connectivity index (χ1v) is 9.20. The first kappa shape index (κ1) is 20.2. The van der Waals surface area contributed by atoms with Crippen molar-refractivity contribution >= 4 is 12.0 Å². The number of benzene rings is 1. The van der Waals surface area contributed by atoms with E-state index in [2.05, 4.69) is 0 Å². The summed E-state index contributed by atoms with van der Waals surface area (Å²) >= 11 is 0. The topological polar surface area (TPSA) is 66.8 Å². The van der Waals surface area contributed by atoms with E-state index in [1.54, 1.807) is 13.0 Å². The maximum atomic E-state index is 12.8. The van der Waals surface area contributed by atoms with Gasteiger partial charge in [-0.25, -0.2) is 9.69 Å². The molecule has 142 valence electrons. The molecule has 0 unspecified atom stereocenters. The Labute approximate surface area is 155 Å². The molecule has 5 heteroatoms. The molecular weight excluding hydrogens is 330 g/mol. The first-order valence-electron chi connectivity index (χ1n) is 9.20. The molecule has 1 aromatic rings. The van der Waals surface area contributed by atoms with Gasteiger partial charge in [0.2, 0.25) is 0 Å². The average Bonchev–Trinajstić information content (AvgIpc) is 2.94. The summed E-state index contributed by atoms with van der Waals surface area (Å²) in [6, 6.07) is 9.43. The summed E-state index contributed by atoms with van der Waals surface area (Å²) in [5, 5.41) is 10.2. The summed E-state index contributed by atoms with van der Waals surface area (Å²) in [6.45, 7) is 7.87. The molecule has 1 heterocycles. The van der Waals surface area contributed by atoms with Gasteiger partial charge in [0, 0.05) is 11.5 Å². The van der Waals surface area contributed by atoms with E-state index in [1.807, 2.05) is 51.1 Å². The van der Waals surface area contributed by atoms with Crippen LogP contribution in [0.1, 0.15) is 39.7 Å². The molecule has 3 atom stereocenters. The number of hydrogen-bond acceptors (Lipinski definition) is 4. The average molecular weight is 359 g/mol. The lowest BCUT2D eigenvalue weighted by Crippen LogP contribution is -2.40. The Morgan fingerprint density at radius 3 is 2.58 bits per heavy atom. The van der Waals surface area contributed by atoms with Crippen molar-refractivity contribution in [2.75, 3.05) is 6.61 Å². The Bertz CT molecular complexity index is 653. The highest BCUT2D eigenvalue weighted by Gasteiger charge is 2.38. The number of rotatable bonds is 7. The molecule has 0 spiro atoms. The van der Waals surface area contributed by atoms with Crippen molar-refractivity contribution in [2.45, 2.75) is 52.7 Å². The van der Waals surface area contributed by atoms with E-state index >= 15 is 0 Å². The van der Waals surface area contributed by atoms with Crippen LogP contribution in [0.25, 0.3) is 0 Å². The minimum atomic E-state index is -0.598. The van der Waals surface area contributed by atoms with Crippen molar-refractivity contribution in [3.05, 3.63) is 47.5 Å². The molecule has 1 N–H and O–H groups in total. The molecule has 0 aliphatic carbocycles. The lowest BCUT2D eigenvalue weighted by molar-refractivity contribution is -0.125. The zero-order chi connectivity index (χ0) is 19.3. The summed E-state index contributed by atoms with van der Waals surface area (Å²) in [5.41, 5.74) is 1.51. The fourth-order valence-electron chi connectivity index (χ4n) is 3.21. The van der Waals surface area contributed by atoms with E-state index in [-0.39, 0.29) is 24.5 Å². The van der Waals surface area contributed by atoms with Crippen LogP contribution in [0.15, 0.2) is 42.0 Å². The Balaban J connectivity index is 2.09. The number of hydrogen-bond donors (Lipinski definition) is 1. The van der Waals surface area contributed by atoms with E-state index in [4.69, 9.17) is 4.74 Å². The van der Waals surface area contributed by atoms with Crippen LogP contribution in [0.5, 0.6) is 0 Å². The lowest BCUT2D eigenvalue weighted by Gasteiger charge is -2.22. The quantitative estimate of drug-likeness (QED) is 0.756. The predicted molar refractivity (Wildman–Crippen MR) is 101 cm³/mol. The molecule has 0 bridgehead atoms. The van der Waals surface area contributed by atoms with Crippen LogP contribution in [-0.4, -0.2) is 40.8 Å². The molecule has 1 fully saturated rings. The monoisotopic (exact) mass is 359 g/mol. The van der Waals surface area contributed by atoms with Crippen LogP contribution in [0, 0.1) is 11.8 Å². The van der Waals surface area contributed by atoms with Crippen molar-refractivity contribution in [1.29, 1.82) is 0 Å². The van der Waals surface area contributed by atoms with Gasteiger partial charge in [-0.3, -0.25) is 4.79 Å². The zero-order valence-electron chi connectivity index (χ0n) is 16.0. The van der Waals surface area contributed by atoms with Crippen LogP contribution in [-0.2, 0) is 16.0 Å². The molecule has 1 aliphatic heterocycles. The smallest absolute Gasteiger partial charge is 0.417 e. The van der Waals surface area contributed by atoms with Gasteiger partial charge in [-0.1, -0.05) is 57.2 Å². The summed E-state index contributed by atoms with van der Waals surface area (Å²) in [5.74, 6) is -0.134. The summed E-state index contributed by atoms with van der Waals surface area (Å²) in [6.07, 6.45) is 1.88. The highest BCUT2D eigenvalue weighted by atomic mass is 16.6. The summed E-state index contributed by atoms with van der Waals surface area (Å²) in [4.78, 5) is 26.1. The van der Waals surface area contributed by atoms with Gasteiger partial charge in [0.1, 0.15) is 6.61 Å². The van der Waals surface area contributed by atoms with Crippen LogP contribution >= 0.6 is 0 Å². The van der Waals surface area contributed by atoms with Gasteiger partial charge in [0.05, 0.1) is 12.1 Å². The molecule has 0 aromatic heterocycles. The van der Waals surface area contributed by atoms with Gasteiger partial charge in [0.25, 0.3) is 5.91 Å². The number of amides is 2. The first-order chi connectivity index (χ1) is 12.3. The number of nitrogens with zero attached hydrogens (tertiary/aromatic N) is 1. The molecule has 5 nitrogen and oxygen atoms in total. The molecule has 0 saturated carbocycles. The molecular formula is C21H29NO4. The van der Waals surface area contributed by atoms with Gasteiger partial charge in [0.15, 0.2) is 0 Å². The fraction of sp³-hybridized carbons (Fsp3) is 0.524. The van der Waals surface area contributed by atoms with Crippen molar-refractivity contribution in [3.8, 4) is 0 Å². The third kappa shape index (κ3) is 5.18. The van der Waals surface area contributed by atoms with Crippen LogP contribution in [0.2, 0.25) is 0 Å². The number of cyclic esters (lactones) is 1. The fourth-order valence-corrected chi connectivity index (χ4v) is 3.21.